The zero-order valence-corrected chi connectivity index (χ0v) is 16.4. The number of hydrogen-bond donors (Lipinski definition) is 0. The third-order valence-electron chi connectivity index (χ3n) is 5.12. The van der Waals surface area contributed by atoms with Crippen molar-refractivity contribution in [2.45, 2.75) is 50.2 Å². The molecule has 2 heterocycles. The molecule has 2 aliphatic rings. The number of benzene rings is 1. The van der Waals surface area contributed by atoms with Crippen LogP contribution in [0.5, 0.6) is 0 Å². The summed E-state index contributed by atoms with van der Waals surface area (Å²) in [4.78, 5) is 19.9. The van der Waals surface area contributed by atoms with Gasteiger partial charge in [0.05, 0.1) is 11.4 Å². The normalized spacial score (nSPS) is 23.3. The third-order valence-corrected chi connectivity index (χ3v) is 6.98. The van der Waals surface area contributed by atoms with Gasteiger partial charge in [0, 0.05) is 32.5 Å². The molecule has 1 atom stereocenters. The lowest BCUT2D eigenvalue weighted by molar-refractivity contribution is -0.124. The van der Waals surface area contributed by atoms with Gasteiger partial charge in [0.2, 0.25) is 10.0 Å². The Balaban J connectivity index is 1.71. The Kier molecular flexibility index (Phi) is 4.83. The smallest absolute Gasteiger partial charge is 0.271 e. The zero-order chi connectivity index (χ0) is 19.1. The summed E-state index contributed by atoms with van der Waals surface area (Å²) in [6, 6.07) is 6.87. The molecule has 1 amide bonds. The van der Waals surface area contributed by atoms with Gasteiger partial charge >= 0.3 is 0 Å². The minimum atomic E-state index is -3.58. The number of nitrogens with zero attached hydrogens (tertiary/aromatic N) is 3. The molecule has 8 heteroatoms. The van der Waals surface area contributed by atoms with Crippen molar-refractivity contribution in [3.8, 4) is 0 Å². The maximum Gasteiger partial charge on any atom is 0.271 e. The van der Waals surface area contributed by atoms with E-state index in [0.29, 0.717) is 25.1 Å². The van der Waals surface area contributed by atoms with Crippen molar-refractivity contribution < 1.29 is 18.0 Å². The Morgan fingerprint density at radius 2 is 1.96 bits per heavy atom. The minimum Gasteiger partial charge on any atom is -0.387 e. The topological polar surface area (TPSA) is 79.3 Å². The summed E-state index contributed by atoms with van der Waals surface area (Å²) in [6.45, 7) is 6.32. The van der Waals surface area contributed by atoms with E-state index in [9.17, 15) is 13.2 Å². The largest absolute Gasteiger partial charge is 0.387 e. The predicted molar refractivity (Wildman–Crippen MR) is 98.3 cm³/mol. The second kappa shape index (κ2) is 6.66. The molecule has 7 nitrogen and oxygen atoms in total. The molecule has 0 aromatic heterocycles. The van der Waals surface area contributed by atoms with Crippen LogP contribution in [0.4, 0.5) is 0 Å². The van der Waals surface area contributed by atoms with E-state index in [1.165, 1.54) is 4.31 Å². The van der Waals surface area contributed by atoms with E-state index in [-0.39, 0.29) is 23.4 Å². The molecule has 0 N–H and O–H groups in total. The average molecular weight is 379 g/mol. The fourth-order valence-corrected chi connectivity index (χ4v) is 4.68. The van der Waals surface area contributed by atoms with Gasteiger partial charge in [-0.15, -0.1) is 0 Å². The van der Waals surface area contributed by atoms with Crippen LogP contribution in [0.3, 0.4) is 0 Å². The fraction of sp³-hybridized carbons (Fsp3) is 0.556. The first-order valence-electron chi connectivity index (χ1n) is 8.74. The number of carbonyl (C=O) groups excluding carboxylic acids is 1. The second-order valence-corrected chi connectivity index (χ2v) is 9.34. The average Bonchev–Trinajstić information content (AvgIpc) is 3.22. The first-order chi connectivity index (χ1) is 12.1. The van der Waals surface area contributed by atoms with Crippen LogP contribution in [0.1, 0.15) is 32.3 Å². The number of aryl methyl sites for hydroxylation is 1. The highest BCUT2D eigenvalue weighted by Crippen LogP contribution is 2.36. The van der Waals surface area contributed by atoms with Crippen LogP contribution < -0.4 is 0 Å². The highest BCUT2D eigenvalue weighted by molar-refractivity contribution is 7.89. The number of amides is 1. The quantitative estimate of drug-likeness (QED) is 0.799. The van der Waals surface area contributed by atoms with E-state index in [1.54, 1.807) is 36.2 Å². The highest BCUT2D eigenvalue weighted by Gasteiger charge is 2.50. The van der Waals surface area contributed by atoms with Gasteiger partial charge in [0.15, 0.2) is 5.60 Å². The number of oxime groups is 1. The Bertz CT molecular complexity index is 832. The molecule has 142 valence electrons. The lowest BCUT2D eigenvalue weighted by Crippen LogP contribution is -2.40. The van der Waals surface area contributed by atoms with E-state index in [4.69, 9.17) is 4.84 Å². The maximum atomic E-state index is 12.9. The third kappa shape index (κ3) is 3.35. The molecule has 26 heavy (non-hydrogen) atoms. The standard InChI is InChI=1S/C18H25N3O4S/c1-13(2)20(4)17(22)16-11-18(25-19-16)9-10-21(12-18)26(23,24)15-7-5-14(3)6-8-15/h5-8,13H,9-12H2,1-4H3/t18-/m1/s1. The van der Waals surface area contributed by atoms with Gasteiger partial charge in [0.25, 0.3) is 5.91 Å². The first kappa shape index (κ1) is 18.8. The van der Waals surface area contributed by atoms with Crippen molar-refractivity contribution in [2.24, 2.45) is 5.16 Å². The summed E-state index contributed by atoms with van der Waals surface area (Å²) in [5.74, 6) is -0.170. The Hall–Kier alpha value is -1.93. The van der Waals surface area contributed by atoms with Crippen molar-refractivity contribution in [1.82, 2.24) is 9.21 Å². The summed E-state index contributed by atoms with van der Waals surface area (Å²) >= 11 is 0. The summed E-state index contributed by atoms with van der Waals surface area (Å²) in [5.41, 5.74) is 0.628. The van der Waals surface area contributed by atoms with E-state index >= 15 is 0 Å². The minimum absolute atomic E-state index is 0.0590. The highest BCUT2D eigenvalue weighted by atomic mass is 32.2. The van der Waals surface area contributed by atoms with Gasteiger partial charge in [0.1, 0.15) is 5.71 Å². The Morgan fingerprint density at radius 3 is 2.58 bits per heavy atom. The lowest BCUT2D eigenvalue weighted by atomic mass is 9.96. The van der Waals surface area contributed by atoms with Crippen LogP contribution in [-0.2, 0) is 19.7 Å². The van der Waals surface area contributed by atoms with Crippen molar-refractivity contribution in [3.05, 3.63) is 29.8 Å². The van der Waals surface area contributed by atoms with Crippen LogP contribution in [0.2, 0.25) is 0 Å². The maximum absolute atomic E-state index is 12.9. The molecule has 1 aromatic rings. The van der Waals surface area contributed by atoms with Gasteiger partial charge < -0.3 is 9.74 Å². The molecule has 0 unspecified atom stereocenters. The number of sulfonamides is 1. The van der Waals surface area contributed by atoms with Gasteiger partial charge in [-0.1, -0.05) is 22.9 Å². The molecule has 0 aliphatic carbocycles. The van der Waals surface area contributed by atoms with Crippen LogP contribution >= 0.6 is 0 Å². The van der Waals surface area contributed by atoms with Crippen molar-refractivity contribution in [2.75, 3.05) is 20.1 Å². The van der Waals surface area contributed by atoms with Crippen LogP contribution in [0, 0.1) is 6.92 Å². The van der Waals surface area contributed by atoms with Crippen molar-refractivity contribution in [1.29, 1.82) is 0 Å². The number of carbonyl (C=O) groups is 1. The molecule has 1 aromatic carbocycles. The zero-order valence-electron chi connectivity index (χ0n) is 15.6. The van der Waals surface area contributed by atoms with E-state index in [0.717, 1.165) is 5.56 Å². The number of hydrogen-bond acceptors (Lipinski definition) is 5. The second-order valence-electron chi connectivity index (χ2n) is 7.40. The van der Waals surface area contributed by atoms with Crippen molar-refractivity contribution >= 4 is 21.6 Å². The van der Waals surface area contributed by atoms with Gasteiger partial charge in [-0.3, -0.25) is 4.79 Å². The molecule has 3 rings (SSSR count). The molecule has 0 bridgehead atoms. The SMILES string of the molecule is Cc1ccc(S(=O)(=O)N2CC[C@@]3(CC(C(=O)N(C)C(C)C)=NO3)C2)cc1. The first-order valence-corrected chi connectivity index (χ1v) is 10.2. The Morgan fingerprint density at radius 1 is 1.31 bits per heavy atom. The number of rotatable bonds is 4. The predicted octanol–water partition coefficient (Wildman–Crippen LogP) is 1.77. The van der Waals surface area contributed by atoms with Crippen LogP contribution in [-0.4, -0.2) is 61.0 Å². The summed E-state index contributed by atoms with van der Waals surface area (Å²) in [6.07, 6.45) is 0.854. The van der Waals surface area contributed by atoms with Gasteiger partial charge in [-0.2, -0.15) is 4.31 Å². The molecular weight excluding hydrogens is 354 g/mol. The molecule has 1 fully saturated rings. The molecule has 1 saturated heterocycles. The summed E-state index contributed by atoms with van der Waals surface area (Å²) in [5, 5.41) is 3.98. The van der Waals surface area contributed by atoms with E-state index < -0.39 is 15.6 Å². The molecule has 2 aliphatic heterocycles. The lowest BCUT2D eigenvalue weighted by Gasteiger charge is -2.23. The van der Waals surface area contributed by atoms with Gasteiger partial charge in [-0.05, 0) is 32.9 Å². The Labute approximate surface area is 154 Å². The summed E-state index contributed by atoms with van der Waals surface area (Å²) < 4.78 is 27.1. The van der Waals surface area contributed by atoms with Crippen LogP contribution in [0.15, 0.2) is 34.3 Å². The van der Waals surface area contributed by atoms with E-state index in [1.807, 2.05) is 20.8 Å². The van der Waals surface area contributed by atoms with E-state index in [2.05, 4.69) is 5.16 Å². The molecular formula is C18H25N3O4S. The molecule has 0 saturated carbocycles. The molecule has 1 spiro atoms. The fourth-order valence-electron chi connectivity index (χ4n) is 3.17. The summed E-state index contributed by atoms with van der Waals surface area (Å²) in [7, 11) is -1.85. The van der Waals surface area contributed by atoms with Crippen LogP contribution in [0.25, 0.3) is 0 Å². The molecule has 0 radical (unpaired) electrons. The van der Waals surface area contributed by atoms with Gasteiger partial charge in [-0.25, -0.2) is 8.42 Å². The monoisotopic (exact) mass is 379 g/mol. The van der Waals surface area contributed by atoms with Crippen molar-refractivity contribution in [3.63, 3.8) is 0 Å².